The minimum Gasteiger partial charge on any atom is -0.363 e. The Bertz CT molecular complexity index is 966. The van der Waals surface area contributed by atoms with Gasteiger partial charge in [-0.05, 0) is 34.2 Å². The number of fused-ring (bicyclic) bond motifs is 5. The summed E-state index contributed by atoms with van der Waals surface area (Å²) in [5.41, 5.74) is 5.34. The second-order valence-corrected chi connectivity index (χ2v) is 8.38. The number of aromatic nitrogens is 3. The van der Waals surface area contributed by atoms with Crippen molar-refractivity contribution in [1.82, 2.24) is 9.78 Å². The zero-order valence-corrected chi connectivity index (χ0v) is 15.5. The van der Waals surface area contributed by atoms with E-state index in [1.165, 1.54) is 16.7 Å². The first-order valence-electron chi connectivity index (χ1n) is 9.31. The molecule has 26 heavy (non-hydrogen) atoms. The molecule has 132 valence electrons. The molecule has 1 aliphatic carbocycles. The van der Waals surface area contributed by atoms with Gasteiger partial charge in [0.15, 0.2) is 0 Å². The molecule has 0 bridgehead atoms. The molecule has 4 heteroatoms. The maximum absolute atomic E-state index is 6.13. The van der Waals surface area contributed by atoms with Crippen LogP contribution < -0.4 is 4.57 Å². The second kappa shape index (κ2) is 5.52. The summed E-state index contributed by atoms with van der Waals surface area (Å²) in [6.45, 7) is 7.28. The van der Waals surface area contributed by atoms with Crippen LogP contribution >= 0.6 is 0 Å². The quantitative estimate of drug-likeness (QED) is 0.632. The van der Waals surface area contributed by atoms with Crippen molar-refractivity contribution >= 4 is 0 Å². The normalized spacial score (nSPS) is 21.2. The van der Waals surface area contributed by atoms with Gasteiger partial charge < -0.3 is 4.74 Å². The Morgan fingerprint density at radius 1 is 1.08 bits per heavy atom. The van der Waals surface area contributed by atoms with E-state index in [-0.39, 0.29) is 17.6 Å². The average molecular weight is 346 g/mol. The summed E-state index contributed by atoms with van der Waals surface area (Å²) in [4.78, 5) is 0. The Labute approximate surface area is 154 Å². The fourth-order valence-electron chi connectivity index (χ4n) is 4.16. The third-order valence-electron chi connectivity index (χ3n) is 5.63. The molecule has 0 amide bonds. The summed E-state index contributed by atoms with van der Waals surface area (Å²) in [6.07, 6.45) is 3.33. The van der Waals surface area contributed by atoms with Crippen LogP contribution in [0, 0.1) is 0 Å². The van der Waals surface area contributed by atoms with Gasteiger partial charge in [-0.2, -0.15) is 0 Å². The van der Waals surface area contributed by atoms with Gasteiger partial charge in [-0.3, -0.25) is 0 Å². The highest BCUT2D eigenvalue weighted by molar-refractivity contribution is 5.37. The molecule has 0 N–H and O–H groups in total. The van der Waals surface area contributed by atoms with Crippen LogP contribution in [0.25, 0.3) is 5.69 Å². The van der Waals surface area contributed by atoms with Gasteiger partial charge in [-0.1, -0.05) is 61.9 Å². The first-order valence-corrected chi connectivity index (χ1v) is 9.31. The Morgan fingerprint density at radius 2 is 1.85 bits per heavy atom. The van der Waals surface area contributed by atoms with E-state index in [0.717, 1.165) is 17.9 Å². The van der Waals surface area contributed by atoms with Crippen molar-refractivity contribution in [2.24, 2.45) is 0 Å². The van der Waals surface area contributed by atoms with E-state index in [1.807, 2.05) is 4.68 Å². The maximum atomic E-state index is 6.13. The monoisotopic (exact) mass is 346 g/mol. The molecule has 0 spiro atoms. The molecule has 0 saturated carbocycles. The Hall–Kier alpha value is -2.46. The van der Waals surface area contributed by atoms with Crippen LogP contribution in [0.15, 0.2) is 54.9 Å². The molecule has 1 aliphatic heterocycles. The summed E-state index contributed by atoms with van der Waals surface area (Å²) in [5.74, 6) is 0.989. The number of hydrogen-bond acceptors (Lipinski definition) is 2. The molecule has 1 aromatic heterocycles. The molecule has 0 radical (unpaired) electrons. The van der Waals surface area contributed by atoms with E-state index >= 15 is 0 Å². The lowest BCUT2D eigenvalue weighted by Gasteiger charge is -2.23. The number of rotatable bonds is 1. The van der Waals surface area contributed by atoms with Crippen LogP contribution in [0.3, 0.4) is 0 Å². The van der Waals surface area contributed by atoms with Gasteiger partial charge >= 0.3 is 5.82 Å². The molecular formula is C22H24N3O+. The fraction of sp³-hybridized carbons (Fsp3) is 0.364. The Morgan fingerprint density at radius 3 is 2.62 bits per heavy atom. The maximum Gasteiger partial charge on any atom is 0.304 e. The minimum absolute atomic E-state index is 0.158. The lowest BCUT2D eigenvalue weighted by Crippen LogP contribution is -2.51. The third-order valence-corrected chi connectivity index (χ3v) is 5.63. The zero-order chi connectivity index (χ0) is 17.9. The van der Waals surface area contributed by atoms with Gasteiger partial charge in [-0.25, -0.2) is 4.57 Å². The number of benzene rings is 2. The molecular weight excluding hydrogens is 322 g/mol. The summed E-state index contributed by atoms with van der Waals surface area (Å²) >= 11 is 0. The lowest BCUT2D eigenvalue weighted by molar-refractivity contribution is -0.739. The predicted molar refractivity (Wildman–Crippen MR) is 99.3 cm³/mol. The predicted octanol–water partition coefficient (Wildman–Crippen LogP) is 3.50. The topological polar surface area (TPSA) is 30.9 Å². The van der Waals surface area contributed by atoms with E-state index in [0.29, 0.717) is 6.61 Å². The van der Waals surface area contributed by atoms with E-state index in [9.17, 15) is 0 Å². The molecule has 2 aliphatic rings. The van der Waals surface area contributed by atoms with Gasteiger partial charge in [0.25, 0.3) is 0 Å². The molecule has 2 aromatic carbocycles. The van der Waals surface area contributed by atoms with Gasteiger partial charge in [0, 0.05) is 11.5 Å². The van der Waals surface area contributed by atoms with Crippen LogP contribution in [0.1, 0.15) is 49.3 Å². The summed E-state index contributed by atoms with van der Waals surface area (Å²) in [7, 11) is 0. The van der Waals surface area contributed by atoms with Crippen molar-refractivity contribution in [3.63, 3.8) is 0 Å². The van der Waals surface area contributed by atoms with Crippen molar-refractivity contribution in [2.45, 2.75) is 51.4 Å². The highest BCUT2D eigenvalue weighted by Crippen LogP contribution is 2.35. The van der Waals surface area contributed by atoms with Gasteiger partial charge in [0.1, 0.15) is 24.4 Å². The van der Waals surface area contributed by atoms with Crippen molar-refractivity contribution in [1.29, 1.82) is 0 Å². The number of hydrogen-bond donors (Lipinski definition) is 0. The van der Waals surface area contributed by atoms with Crippen molar-refractivity contribution < 1.29 is 9.30 Å². The number of ether oxygens (including phenoxy) is 1. The van der Waals surface area contributed by atoms with E-state index in [1.54, 1.807) is 0 Å². The molecule has 5 rings (SSSR count). The standard InChI is InChI=1S/C22H24N3O/c1-22(2,3)16-8-10-17(11-9-16)25-14-24-20(23-25)13-26-19-12-15-6-4-5-7-18(15)21(19)24/h4-11,14,19,21H,12-13H2,1-3H3/q+1/t19-,21+/m0/s1. The molecule has 0 saturated heterocycles. The van der Waals surface area contributed by atoms with Gasteiger partial charge in [-0.15, -0.1) is 0 Å². The average Bonchev–Trinajstić information content (AvgIpc) is 3.21. The van der Waals surface area contributed by atoms with E-state index in [4.69, 9.17) is 9.84 Å². The lowest BCUT2D eigenvalue weighted by atomic mass is 9.87. The van der Waals surface area contributed by atoms with Crippen molar-refractivity contribution in [2.75, 3.05) is 0 Å². The third kappa shape index (κ3) is 2.40. The largest absolute Gasteiger partial charge is 0.363 e. The summed E-state index contributed by atoms with van der Waals surface area (Å²) < 4.78 is 10.4. The van der Waals surface area contributed by atoms with E-state index < -0.39 is 0 Å². The van der Waals surface area contributed by atoms with Crippen LogP contribution in [-0.4, -0.2) is 15.9 Å². The fourth-order valence-corrected chi connectivity index (χ4v) is 4.16. The first kappa shape index (κ1) is 15.8. The number of nitrogens with zero attached hydrogens (tertiary/aromatic N) is 3. The smallest absolute Gasteiger partial charge is 0.304 e. The SMILES string of the molecule is CC(C)(C)c1ccc(-n2c[n+]3c(n2)CO[C@H]2Cc4ccccc4[C@H]23)cc1. The van der Waals surface area contributed by atoms with Gasteiger partial charge in [0.2, 0.25) is 6.33 Å². The van der Waals surface area contributed by atoms with Crippen LogP contribution in [0.2, 0.25) is 0 Å². The first-order chi connectivity index (χ1) is 12.5. The Balaban J connectivity index is 1.54. The summed E-state index contributed by atoms with van der Waals surface area (Å²) in [6, 6.07) is 17.6. The molecule has 4 nitrogen and oxygen atoms in total. The zero-order valence-electron chi connectivity index (χ0n) is 15.5. The molecule has 0 unspecified atom stereocenters. The van der Waals surface area contributed by atoms with Crippen LogP contribution in [0.4, 0.5) is 0 Å². The van der Waals surface area contributed by atoms with Gasteiger partial charge in [0.05, 0.1) is 0 Å². The highest BCUT2D eigenvalue weighted by Gasteiger charge is 2.43. The molecule has 2 atom stereocenters. The van der Waals surface area contributed by atoms with E-state index in [2.05, 4.69) is 80.2 Å². The van der Waals surface area contributed by atoms with Crippen molar-refractivity contribution in [3.8, 4) is 5.69 Å². The van der Waals surface area contributed by atoms with Crippen LogP contribution in [-0.2, 0) is 23.2 Å². The molecule has 0 fully saturated rings. The van der Waals surface area contributed by atoms with Crippen LogP contribution in [0.5, 0.6) is 0 Å². The minimum atomic E-state index is 0.158. The molecule has 2 heterocycles. The highest BCUT2D eigenvalue weighted by atomic mass is 16.5. The second-order valence-electron chi connectivity index (χ2n) is 8.38. The summed E-state index contributed by atoms with van der Waals surface area (Å²) in [5, 5.41) is 4.80. The molecule has 3 aromatic rings. The van der Waals surface area contributed by atoms with Crippen molar-refractivity contribution in [3.05, 3.63) is 77.4 Å². The Kier molecular flexibility index (Phi) is 3.35.